The third kappa shape index (κ3) is 6.83. The van der Waals surface area contributed by atoms with Crippen molar-refractivity contribution in [1.82, 2.24) is 14.7 Å². The standard InChI is InChI=1S/C25H31F2N3O4/c1-4-33-17-21(31)15-29(13-14-32-3)16-22-18(2)28-30(20-11-9-19(26)10-12-20)25(22)34-24-8-6-5-7-23(24)27/h5-12,21,31H,4,13-17H2,1-3H3/t21-/m0/s1. The van der Waals surface area contributed by atoms with Gasteiger partial charge in [-0.1, -0.05) is 12.1 Å². The average Bonchev–Trinajstić information content (AvgIpc) is 3.12. The predicted octanol–water partition coefficient (Wildman–Crippen LogP) is 4.10. The largest absolute Gasteiger partial charge is 0.435 e. The molecule has 184 valence electrons. The van der Waals surface area contributed by atoms with Crippen molar-refractivity contribution in [3.05, 3.63) is 71.4 Å². The van der Waals surface area contributed by atoms with Gasteiger partial charge in [-0.3, -0.25) is 4.90 Å². The molecule has 0 saturated carbocycles. The number of halogens is 2. The molecular weight excluding hydrogens is 444 g/mol. The van der Waals surface area contributed by atoms with Gasteiger partial charge in [-0.05, 0) is 50.2 Å². The third-order valence-corrected chi connectivity index (χ3v) is 5.23. The van der Waals surface area contributed by atoms with Gasteiger partial charge in [0.05, 0.1) is 36.3 Å². The fraction of sp³-hybridized carbons (Fsp3) is 0.400. The highest BCUT2D eigenvalue weighted by molar-refractivity contribution is 5.43. The molecule has 0 amide bonds. The minimum Gasteiger partial charge on any atom is -0.435 e. The molecule has 1 N–H and O–H groups in total. The lowest BCUT2D eigenvalue weighted by atomic mass is 10.2. The first-order valence-electron chi connectivity index (χ1n) is 11.2. The Balaban J connectivity index is 1.98. The van der Waals surface area contributed by atoms with E-state index in [-0.39, 0.29) is 18.2 Å². The lowest BCUT2D eigenvalue weighted by Crippen LogP contribution is -2.36. The zero-order valence-electron chi connectivity index (χ0n) is 19.7. The summed E-state index contributed by atoms with van der Waals surface area (Å²) in [5.41, 5.74) is 1.95. The minimum absolute atomic E-state index is 0.0480. The Morgan fingerprint density at radius 2 is 1.85 bits per heavy atom. The van der Waals surface area contributed by atoms with Gasteiger partial charge in [0.15, 0.2) is 11.6 Å². The molecule has 0 spiro atoms. The molecule has 3 aromatic rings. The van der Waals surface area contributed by atoms with Crippen LogP contribution in [-0.2, 0) is 16.0 Å². The molecule has 0 aliphatic heterocycles. The number of hydrogen-bond donors (Lipinski definition) is 1. The summed E-state index contributed by atoms with van der Waals surface area (Å²) in [4.78, 5) is 2.00. The van der Waals surface area contributed by atoms with E-state index < -0.39 is 11.9 Å². The maximum atomic E-state index is 14.4. The number of nitrogens with zero attached hydrogens (tertiary/aromatic N) is 3. The van der Waals surface area contributed by atoms with Crippen molar-refractivity contribution < 1.29 is 28.1 Å². The first-order valence-corrected chi connectivity index (χ1v) is 11.2. The number of ether oxygens (including phenoxy) is 3. The number of benzene rings is 2. The molecule has 7 nitrogen and oxygen atoms in total. The van der Waals surface area contributed by atoms with Crippen molar-refractivity contribution in [2.45, 2.75) is 26.5 Å². The normalized spacial score (nSPS) is 12.3. The molecule has 0 bridgehead atoms. The molecule has 9 heteroatoms. The van der Waals surface area contributed by atoms with Gasteiger partial charge in [0.1, 0.15) is 5.82 Å². The Bertz CT molecular complexity index is 1040. The fourth-order valence-electron chi connectivity index (χ4n) is 3.50. The lowest BCUT2D eigenvalue weighted by molar-refractivity contribution is 0.0147. The van der Waals surface area contributed by atoms with Crippen LogP contribution in [0.5, 0.6) is 11.6 Å². The molecule has 34 heavy (non-hydrogen) atoms. The van der Waals surface area contributed by atoms with Gasteiger partial charge in [-0.25, -0.2) is 13.5 Å². The number of aliphatic hydroxyl groups is 1. The van der Waals surface area contributed by atoms with Crippen LogP contribution in [0, 0.1) is 18.6 Å². The summed E-state index contributed by atoms with van der Waals surface area (Å²) < 4.78 is 46.1. The summed E-state index contributed by atoms with van der Waals surface area (Å²) in [7, 11) is 1.61. The molecule has 0 aliphatic carbocycles. The Morgan fingerprint density at radius 3 is 2.53 bits per heavy atom. The van der Waals surface area contributed by atoms with E-state index in [2.05, 4.69) is 5.10 Å². The SMILES string of the molecule is CCOC[C@@H](O)CN(CCOC)Cc1c(C)nn(-c2ccc(F)cc2)c1Oc1ccccc1F. The summed E-state index contributed by atoms with van der Waals surface area (Å²) in [5.74, 6) is -0.525. The molecule has 0 unspecified atom stereocenters. The summed E-state index contributed by atoms with van der Waals surface area (Å²) in [6.07, 6.45) is -0.694. The van der Waals surface area contributed by atoms with Crippen LogP contribution in [0.25, 0.3) is 5.69 Å². The monoisotopic (exact) mass is 475 g/mol. The van der Waals surface area contributed by atoms with Crippen LogP contribution in [0.1, 0.15) is 18.2 Å². The second kappa shape index (κ2) is 12.6. The van der Waals surface area contributed by atoms with Gasteiger partial charge < -0.3 is 19.3 Å². The Kier molecular flexibility index (Phi) is 9.52. The topological polar surface area (TPSA) is 69.0 Å². The Labute approximate surface area is 198 Å². The van der Waals surface area contributed by atoms with E-state index in [0.717, 1.165) is 0 Å². The first-order chi connectivity index (χ1) is 16.4. The number of aromatic nitrogens is 2. The van der Waals surface area contributed by atoms with E-state index in [0.29, 0.717) is 55.7 Å². The second-order valence-electron chi connectivity index (χ2n) is 7.83. The van der Waals surface area contributed by atoms with Crippen LogP contribution in [0.3, 0.4) is 0 Å². The van der Waals surface area contributed by atoms with Crippen molar-refractivity contribution in [1.29, 1.82) is 0 Å². The second-order valence-corrected chi connectivity index (χ2v) is 7.83. The van der Waals surface area contributed by atoms with E-state index in [1.165, 1.54) is 28.9 Å². The van der Waals surface area contributed by atoms with Crippen molar-refractivity contribution in [2.75, 3.05) is 40.0 Å². The summed E-state index contributed by atoms with van der Waals surface area (Å²) in [6, 6.07) is 11.9. The molecule has 0 fully saturated rings. The predicted molar refractivity (Wildman–Crippen MR) is 124 cm³/mol. The minimum atomic E-state index is -0.694. The Morgan fingerprint density at radius 1 is 1.12 bits per heavy atom. The molecule has 1 atom stereocenters. The maximum absolute atomic E-state index is 14.4. The summed E-state index contributed by atoms with van der Waals surface area (Å²) in [5, 5.41) is 15.0. The van der Waals surface area contributed by atoms with Crippen molar-refractivity contribution in [2.24, 2.45) is 0 Å². The van der Waals surface area contributed by atoms with Gasteiger partial charge in [-0.15, -0.1) is 0 Å². The van der Waals surface area contributed by atoms with Gasteiger partial charge in [0, 0.05) is 33.4 Å². The Hall–Kier alpha value is -2.85. The number of aryl methyl sites for hydroxylation is 1. The van der Waals surface area contributed by atoms with E-state index >= 15 is 0 Å². The molecule has 0 aliphatic rings. The number of methoxy groups -OCH3 is 1. The highest BCUT2D eigenvalue weighted by Gasteiger charge is 2.23. The van der Waals surface area contributed by atoms with Crippen molar-refractivity contribution in [3.8, 4) is 17.3 Å². The van der Waals surface area contributed by atoms with Gasteiger partial charge in [-0.2, -0.15) is 5.10 Å². The van der Waals surface area contributed by atoms with Gasteiger partial charge >= 0.3 is 0 Å². The maximum Gasteiger partial charge on any atom is 0.227 e. The van der Waals surface area contributed by atoms with Crippen LogP contribution < -0.4 is 4.74 Å². The molecule has 2 aromatic carbocycles. The van der Waals surface area contributed by atoms with Gasteiger partial charge in [0.25, 0.3) is 0 Å². The van der Waals surface area contributed by atoms with Crippen LogP contribution in [-0.4, -0.2) is 65.9 Å². The van der Waals surface area contributed by atoms with Crippen molar-refractivity contribution >= 4 is 0 Å². The van der Waals surface area contributed by atoms with Crippen LogP contribution in [0.4, 0.5) is 8.78 Å². The highest BCUT2D eigenvalue weighted by Crippen LogP contribution is 2.32. The zero-order valence-corrected chi connectivity index (χ0v) is 19.7. The van der Waals surface area contributed by atoms with Gasteiger partial charge in [0.2, 0.25) is 5.88 Å². The molecule has 1 aromatic heterocycles. The first kappa shape index (κ1) is 25.8. The van der Waals surface area contributed by atoms with Crippen LogP contribution in [0.2, 0.25) is 0 Å². The number of para-hydroxylation sites is 1. The van der Waals surface area contributed by atoms with Crippen LogP contribution in [0.15, 0.2) is 48.5 Å². The summed E-state index contributed by atoms with van der Waals surface area (Å²) in [6.45, 7) is 6.12. The third-order valence-electron chi connectivity index (χ3n) is 5.23. The van der Waals surface area contributed by atoms with E-state index in [4.69, 9.17) is 14.2 Å². The average molecular weight is 476 g/mol. The highest BCUT2D eigenvalue weighted by atomic mass is 19.1. The van der Waals surface area contributed by atoms with E-state index in [1.54, 1.807) is 31.4 Å². The fourth-order valence-corrected chi connectivity index (χ4v) is 3.50. The molecule has 1 heterocycles. The molecular formula is C25H31F2N3O4. The number of hydrogen-bond acceptors (Lipinski definition) is 6. The molecule has 3 rings (SSSR count). The van der Waals surface area contributed by atoms with E-state index in [9.17, 15) is 13.9 Å². The number of rotatable bonds is 13. The smallest absolute Gasteiger partial charge is 0.227 e. The lowest BCUT2D eigenvalue weighted by Gasteiger charge is -2.25. The zero-order chi connectivity index (χ0) is 24.5. The van der Waals surface area contributed by atoms with Crippen LogP contribution >= 0.6 is 0 Å². The van der Waals surface area contributed by atoms with Crippen molar-refractivity contribution in [3.63, 3.8) is 0 Å². The molecule has 0 radical (unpaired) electrons. The van der Waals surface area contributed by atoms with E-state index in [1.807, 2.05) is 18.7 Å². The summed E-state index contributed by atoms with van der Waals surface area (Å²) >= 11 is 0. The molecule has 0 saturated heterocycles. The number of aliphatic hydroxyl groups excluding tert-OH is 1. The quantitative estimate of drug-likeness (QED) is 0.402.